The predicted molar refractivity (Wildman–Crippen MR) is 147 cm³/mol. The molecular formula is C28H27N5O2S. The fourth-order valence-electron chi connectivity index (χ4n) is 4.49. The van der Waals surface area contributed by atoms with E-state index in [2.05, 4.69) is 26.3 Å². The van der Waals surface area contributed by atoms with Gasteiger partial charge in [0.05, 0.1) is 17.1 Å². The van der Waals surface area contributed by atoms with Crippen LogP contribution in [-0.2, 0) is 9.59 Å². The number of carbonyl (C=O) groups excluding carboxylic acids is 2. The normalized spacial score (nSPS) is 13.8. The van der Waals surface area contributed by atoms with Crippen LogP contribution in [0.15, 0.2) is 72.4 Å². The molecule has 0 spiro atoms. The summed E-state index contributed by atoms with van der Waals surface area (Å²) in [5.74, 6) is -0.385. The second-order valence-electron chi connectivity index (χ2n) is 8.67. The van der Waals surface area contributed by atoms with Gasteiger partial charge < -0.3 is 10.2 Å². The quantitative estimate of drug-likeness (QED) is 0.330. The molecule has 0 unspecified atom stereocenters. The van der Waals surface area contributed by atoms with Crippen molar-refractivity contribution in [3.63, 3.8) is 0 Å². The zero-order valence-electron chi connectivity index (χ0n) is 20.1. The average molecular weight is 498 g/mol. The largest absolute Gasteiger partial charge is 0.371 e. The number of hydrogen-bond donors (Lipinski definition) is 1. The Morgan fingerprint density at radius 1 is 1.03 bits per heavy atom. The second kappa shape index (κ2) is 10.7. The highest BCUT2D eigenvalue weighted by Gasteiger charge is 2.18. The summed E-state index contributed by atoms with van der Waals surface area (Å²) in [7, 11) is 0. The molecule has 1 aliphatic rings. The third-order valence-corrected chi connectivity index (χ3v) is 7.03. The number of anilines is 4. The van der Waals surface area contributed by atoms with Crippen LogP contribution >= 0.6 is 11.3 Å². The van der Waals surface area contributed by atoms with Gasteiger partial charge in [-0.2, -0.15) is 0 Å². The summed E-state index contributed by atoms with van der Waals surface area (Å²) in [6.45, 7) is 3.60. The van der Waals surface area contributed by atoms with E-state index in [1.807, 2.05) is 47.8 Å². The predicted octanol–water partition coefficient (Wildman–Crippen LogP) is 6.02. The maximum atomic E-state index is 12.8. The van der Waals surface area contributed by atoms with Crippen molar-refractivity contribution in [2.24, 2.45) is 0 Å². The van der Waals surface area contributed by atoms with Crippen LogP contribution in [-0.4, -0.2) is 34.9 Å². The smallest absolute Gasteiger partial charge is 0.248 e. The third-order valence-electron chi connectivity index (χ3n) is 6.19. The van der Waals surface area contributed by atoms with Crippen LogP contribution in [0, 0.1) is 0 Å². The highest BCUT2D eigenvalue weighted by Crippen LogP contribution is 2.33. The van der Waals surface area contributed by atoms with Crippen LogP contribution in [0.2, 0.25) is 0 Å². The first kappa shape index (κ1) is 23.7. The van der Waals surface area contributed by atoms with Crippen molar-refractivity contribution in [2.45, 2.75) is 26.2 Å². The van der Waals surface area contributed by atoms with Crippen molar-refractivity contribution in [1.82, 2.24) is 9.97 Å². The first-order valence-corrected chi connectivity index (χ1v) is 12.9. The fraction of sp³-hybridized carbons (Fsp3) is 0.214. The van der Waals surface area contributed by atoms with Crippen LogP contribution in [0.3, 0.4) is 0 Å². The van der Waals surface area contributed by atoms with E-state index in [9.17, 15) is 9.59 Å². The molecule has 2 amide bonds. The maximum Gasteiger partial charge on any atom is 0.248 e. The molecule has 1 N–H and O–H groups in total. The first-order valence-electron chi connectivity index (χ1n) is 12.0. The zero-order valence-corrected chi connectivity index (χ0v) is 20.9. The van der Waals surface area contributed by atoms with Crippen molar-refractivity contribution < 1.29 is 9.59 Å². The molecule has 0 saturated carbocycles. The lowest BCUT2D eigenvalue weighted by molar-refractivity contribution is -0.116. The van der Waals surface area contributed by atoms with Crippen molar-refractivity contribution in [3.05, 3.63) is 78.1 Å². The first-order chi connectivity index (χ1) is 17.6. The molecule has 5 rings (SSSR count). The van der Waals surface area contributed by atoms with Gasteiger partial charge in [-0.15, -0.1) is 11.3 Å². The Balaban J connectivity index is 1.32. The number of piperidine rings is 1. The lowest BCUT2D eigenvalue weighted by Crippen LogP contribution is -2.29. The van der Waals surface area contributed by atoms with E-state index in [0.29, 0.717) is 10.8 Å². The Hall–Kier alpha value is -4.04. The van der Waals surface area contributed by atoms with E-state index in [4.69, 9.17) is 0 Å². The standard InChI is InChI=1S/C28H27N5O2S/c1-20(34)33(22-8-4-2-5-9-22)28-30-21(19-36-28)10-13-27(35)31-25-11-12-26(32-16-6-3-7-17-32)23-14-15-29-18-24(23)25/h2,4-5,8-15,18-19H,3,6-7,16-17H2,1H3,(H,31,35)/b13-10+. The van der Waals surface area contributed by atoms with Crippen LogP contribution in [0.1, 0.15) is 31.9 Å². The monoisotopic (exact) mass is 497 g/mol. The summed E-state index contributed by atoms with van der Waals surface area (Å²) in [5, 5.41) is 7.37. The number of carbonyl (C=O) groups is 2. The van der Waals surface area contributed by atoms with E-state index < -0.39 is 0 Å². The number of nitrogens with one attached hydrogen (secondary N) is 1. The molecule has 1 saturated heterocycles. The topological polar surface area (TPSA) is 78.4 Å². The van der Waals surface area contributed by atoms with E-state index in [1.54, 1.807) is 23.4 Å². The molecule has 1 fully saturated rings. The van der Waals surface area contributed by atoms with Crippen LogP contribution in [0.25, 0.3) is 16.8 Å². The Kier molecular flexibility index (Phi) is 7.04. The van der Waals surface area contributed by atoms with Crippen molar-refractivity contribution in [2.75, 3.05) is 28.2 Å². The van der Waals surface area contributed by atoms with Gasteiger partial charge in [0.1, 0.15) is 0 Å². The Morgan fingerprint density at radius 3 is 2.61 bits per heavy atom. The minimum atomic E-state index is -0.257. The number of thiazole rings is 1. The van der Waals surface area contributed by atoms with Gasteiger partial charge in [-0.25, -0.2) is 4.98 Å². The number of para-hydroxylation sites is 1. The minimum absolute atomic E-state index is 0.127. The van der Waals surface area contributed by atoms with Crippen LogP contribution in [0.5, 0.6) is 0 Å². The van der Waals surface area contributed by atoms with Crippen molar-refractivity contribution in [1.29, 1.82) is 0 Å². The lowest BCUT2D eigenvalue weighted by Gasteiger charge is -2.30. The molecule has 0 radical (unpaired) electrons. The molecule has 8 heteroatoms. The van der Waals surface area contributed by atoms with Crippen molar-refractivity contribution in [3.8, 4) is 0 Å². The molecule has 0 aliphatic carbocycles. The van der Waals surface area contributed by atoms with Crippen LogP contribution in [0.4, 0.5) is 22.2 Å². The molecule has 0 atom stereocenters. The van der Waals surface area contributed by atoms with Gasteiger partial charge in [-0.3, -0.25) is 19.5 Å². The number of amides is 2. The molecular weight excluding hydrogens is 470 g/mol. The summed E-state index contributed by atoms with van der Waals surface area (Å²) in [4.78, 5) is 37.8. The van der Waals surface area contributed by atoms with Gasteiger partial charge in [0.15, 0.2) is 5.13 Å². The Labute approximate surface area is 214 Å². The summed E-state index contributed by atoms with van der Waals surface area (Å²) in [6.07, 6.45) is 10.4. The van der Waals surface area contributed by atoms with Gasteiger partial charge in [-0.05, 0) is 55.7 Å². The van der Waals surface area contributed by atoms with Gasteiger partial charge in [-0.1, -0.05) is 18.2 Å². The lowest BCUT2D eigenvalue weighted by atomic mass is 10.1. The number of nitrogens with zero attached hydrogens (tertiary/aromatic N) is 4. The summed E-state index contributed by atoms with van der Waals surface area (Å²) in [6, 6.07) is 15.4. The number of benzene rings is 2. The molecule has 36 heavy (non-hydrogen) atoms. The Morgan fingerprint density at radius 2 is 1.83 bits per heavy atom. The van der Waals surface area contributed by atoms with E-state index in [-0.39, 0.29) is 11.8 Å². The molecule has 3 heterocycles. The number of fused-ring (bicyclic) bond motifs is 1. The number of hydrogen-bond acceptors (Lipinski definition) is 6. The fourth-order valence-corrected chi connectivity index (χ4v) is 5.34. The van der Waals surface area contributed by atoms with Crippen LogP contribution < -0.4 is 15.1 Å². The van der Waals surface area contributed by atoms with Gasteiger partial charge in [0, 0.05) is 60.3 Å². The summed E-state index contributed by atoms with van der Waals surface area (Å²) >= 11 is 1.35. The van der Waals surface area contributed by atoms with Gasteiger partial charge in [0.25, 0.3) is 0 Å². The molecule has 0 bridgehead atoms. The molecule has 7 nitrogen and oxygen atoms in total. The molecule has 4 aromatic rings. The number of rotatable bonds is 6. The van der Waals surface area contributed by atoms with Gasteiger partial charge in [0.2, 0.25) is 11.8 Å². The zero-order chi connectivity index (χ0) is 24.9. The highest BCUT2D eigenvalue weighted by atomic mass is 32.1. The summed E-state index contributed by atoms with van der Waals surface area (Å²) < 4.78 is 0. The summed E-state index contributed by atoms with van der Waals surface area (Å²) in [5.41, 5.74) is 3.27. The molecule has 182 valence electrons. The molecule has 2 aromatic heterocycles. The third kappa shape index (κ3) is 5.13. The molecule has 2 aromatic carbocycles. The van der Waals surface area contributed by atoms with Gasteiger partial charge >= 0.3 is 0 Å². The second-order valence-corrected chi connectivity index (χ2v) is 9.51. The average Bonchev–Trinajstić information content (AvgIpc) is 3.37. The number of aromatic nitrogens is 2. The van der Waals surface area contributed by atoms with E-state index in [1.165, 1.54) is 49.3 Å². The molecule has 1 aliphatic heterocycles. The maximum absolute atomic E-state index is 12.8. The van der Waals surface area contributed by atoms with Crippen molar-refractivity contribution >= 4 is 62.2 Å². The highest BCUT2D eigenvalue weighted by molar-refractivity contribution is 7.14. The minimum Gasteiger partial charge on any atom is -0.371 e. The van der Waals surface area contributed by atoms with E-state index >= 15 is 0 Å². The SMILES string of the molecule is CC(=O)N(c1ccccc1)c1nc(/C=C/C(=O)Nc2ccc(N3CCCCC3)c3ccncc23)cs1. The number of pyridine rings is 1. The van der Waals surface area contributed by atoms with E-state index in [0.717, 1.165) is 35.2 Å². The Bertz CT molecular complexity index is 1410.